The van der Waals surface area contributed by atoms with Crippen molar-refractivity contribution in [2.24, 2.45) is 0 Å². The van der Waals surface area contributed by atoms with Gasteiger partial charge in [-0.05, 0) is 87.3 Å². The molecule has 59 heavy (non-hydrogen) atoms. The molecule has 2 aliphatic heterocycles. The Morgan fingerprint density at radius 3 is 2.56 bits per heavy atom. The zero-order chi connectivity index (χ0) is 41.5. The number of fused-ring (bicyclic) bond motifs is 3. The van der Waals surface area contributed by atoms with Crippen LogP contribution in [0.25, 0.3) is 21.1 Å². The molecule has 0 spiro atoms. The third kappa shape index (κ3) is 10.3. The number of carbonyl (C=O) groups excluding carboxylic acids is 2. The van der Waals surface area contributed by atoms with E-state index in [2.05, 4.69) is 43.0 Å². The first-order valence-electron chi connectivity index (χ1n) is 20.1. The largest absolute Gasteiger partial charge is 0.611 e. The first-order chi connectivity index (χ1) is 28.5. The van der Waals surface area contributed by atoms with Gasteiger partial charge in [0.25, 0.3) is 5.91 Å². The normalized spacial score (nSPS) is 15.8. The molecule has 2 atom stereocenters. The van der Waals surface area contributed by atoms with E-state index in [1.807, 2.05) is 81.7 Å². The van der Waals surface area contributed by atoms with Crippen LogP contribution in [0.15, 0.2) is 71.2 Å². The number of esters is 1. The number of ether oxygens (including phenoxy) is 3. The summed E-state index contributed by atoms with van der Waals surface area (Å²) in [5.74, 6) is 6.65. The predicted octanol–water partition coefficient (Wildman–Crippen LogP) is 6.86. The highest BCUT2D eigenvalue weighted by molar-refractivity contribution is 7.92. The summed E-state index contributed by atoms with van der Waals surface area (Å²) in [4.78, 5) is 41.1. The Labute approximate surface area is 353 Å². The lowest BCUT2D eigenvalue weighted by atomic mass is 10.0. The van der Waals surface area contributed by atoms with Crippen LogP contribution in [0.2, 0.25) is 0 Å². The van der Waals surface area contributed by atoms with Gasteiger partial charge in [0.2, 0.25) is 0 Å². The summed E-state index contributed by atoms with van der Waals surface area (Å²) in [7, 11) is 1.38. The molecule has 1 N–H and O–H groups in total. The smallest absolute Gasteiger partial charge is 0.305 e. The van der Waals surface area contributed by atoms with Crippen LogP contribution in [0.3, 0.4) is 0 Å². The third-order valence-corrected chi connectivity index (χ3v) is 13.4. The van der Waals surface area contributed by atoms with E-state index in [1.165, 1.54) is 7.11 Å². The lowest BCUT2D eigenvalue weighted by molar-refractivity contribution is -0.141. The lowest BCUT2D eigenvalue weighted by Gasteiger charge is -2.34. The molecule has 0 bridgehead atoms. The fourth-order valence-corrected chi connectivity index (χ4v) is 9.17. The van der Waals surface area contributed by atoms with Crippen molar-refractivity contribution < 1.29 is 28.4 Å². The van der Waals surface area contributed by atoms with Gasteiger partial charge >= 0.3 is 5.97 Å². The zero-order valence-corrected chi connectivity index (χ0v) is 36.0. The fourth-order valence-electron chi connectivity index (χ4n) is 7.32. The summed E-state index contributed by atoms with van der Waals surface area (Å²) in [6.45, 7) is 15.0. The molecule has 0 saturated carbocycles. The Balaban J connectivity index is 0.871. The first kappa shape index (κ1) is 42.4. The average Bonchev–Trinajstić information content (AvgIpc) is 3.85. The number of methoxy groups -OCH3 is 1. The highest BCUT2D eigenvalue weighted by Gasteiger charge is 2.33. The van der Waals surface area contributed by atoms with Crippen LogP contribution in [0.4, 0.5) is 11.4 Å². The Kier molecular flexibility index (Phi) is 13.7. The summed E-state index contributed by atoms with van der Waals surface area (Å²) in [6.07, 6.45) is 2.60. The summed E-state index contributed by atoms with van der Waals surface area (Å²) < 4.78 is 31.6. The minimum absolute atomic E-state index is 0.0278. The molecule has 0 aliphatic carbocycles. The fraction of sp³-hybridized carbons (Fsp3) is 0.422. The molecule has 12 nitrogen and oxygen atoms in total. The molecule has 310 valence electrons. The summed E-state index contributed by atoms with van der Waals surface area (Å²) in [5.41, 5.74) is 7.79. The number of hydrogen-bond acceptors (Lipinski definition) is 12. The molecule has 5 aromatic rings. The van der Waals surface area contributed by atoms with Crippen molar-refractivity contribution in [1.29, 1.82) is 0 Å². The van der Waals surface area contributed by atoms with Gasteiger partial charge in [-0.3, -0.25) is 24.4 Å². The van der Waals surface area contributed by atoms with Crippen LogP contribution in [-0.4, -0.2) is 118 Å². The molecule has 1 unspecified atom stereocenters. The van der Waals surface area contributed by atoms with Gasteiger partial charge in [0.1, 0.15) is 18.0 Å². The van der Waals surface area contributed by atoms with Gasteiger partial charge in [-0.15, -0.1) is 11.3 Å². The number of anilines is 2. The van der Waals surface area contributed by atoms with Crippen LogP contribution in [0.1, 0.15) is 62.0 Å². The maximum absolute atomic E-state index is 13.9. The van der Waals surface area contributed by atoms with Gasteiger partial charge in [0.15, 0.2) is 10.6 Å². The number of aromatic nitrogens is 2. The number of pyridine rings is 1. The van der Waals surface area contributed by atoms with Crippen LogP contribution >= 0.6 is 11.3 Å². The molecule has 1 saturated heterocycles. The molecule has 4 heterocycles. The molecular formula is C45H52N6O6S2. The monoisotopic (exact) mass is 836 g/mol. The van der Waals surface area contributed by atoms with Gasteiger partial charge in [-0.1, -0.05) is 17.9 Å². The lowest BCUT2D eigenvalue weighted by Crippen LogP contribution is -2.48. The number of carbonyl (C=O) groups is 2. The maximum atomic E-state index is 13.9. The van der Waals surface area contributed by atoms with E-state index in [-0.39, 0.29) is 24.3 Å². The molecule has 0 radical (unpaired) electrons. The van der Waals surface area contributed by atoms with Gasteiger partial charge in [0, 0.05) is 104 Å². The second-order valence-electron chi connectivity index (χ2n) is 15.8. The van der Waals surface area contributed by atoms with Gasteiger partial charge in [0.05, 0.1) is 35.0 Å². The molecule has 1 fully saturated rings. The Bertz CT molecular complexity index is 2340. The van der Waals surface area contributed by atoms with E-state index in [9.17, 15) is 14.1 Å². The minimum atomic E-state index is -1.33. The summed E-state index contributed by atoms with van der Waals surface area (Å²) in [6, 6.07) is 17.5. The second-order valence-corrected chi connectivity index (χ2v) is 18.9. The Morgan fingerprint density at radius 1 is 1.02 bits per heavy atom. The number of nitrogens with zero attached hydrogens (tertiary/aromatic N) is 5. The summed E-state index contributed by atoms with van der Waals surface area (Å²) in [5, 5.41) is 4.41. The van der Waals surface area contributed by atoms with Crippen molar-refractivity contribution in [1.82, 2.24) is 24.7 Å². The van der Waals surface area contributed by atoms with Crippen molar-refractivity contribution in [2.75, 3.05) is 71.5 Å². The first-order valence-corrected chi connectivity index (χ1v) is 22.1. The third-order valence-electron chi connectivity index (χ3n) is 10.8. The highest BCUT2D eigenvalue weighted by Crippen LogP contribution is 2.38. The van der Waals surface area contributed by atoms with Crippen molar-refractivity contribution in [3.05, 3.63) is 83.0 Å². The maximum Gasteiger partial charge on any atom is 0.305 e. The van der Waals surface area contributed by atoms with Gasteiger partial charge in [-0.25, -0.2) is 4.98 Å². The average molecular weight is 837 g/mol. The molecule has 1 amide bonds. The SMILES string of the molecule is COC(=O)CC[C@@H](C)N1Cc2c(C#CCOCCN3CCN(CCOc4cc5nccc(Nc6ccc7scnc7c6)c5cc4[S+]([O-])C(C)(C)C)CC3)cccc2C1=O. The standard InChI is InChI=1S/C45H52N6O6S2/c1-31(11-14-43(52)55-5)51-29-36-32(8-6-10-34(36)44(51)53)9-7-23-56-24-21-49-17-19-50(20-18-49)22-25-57-40-28-38-35(27-42(40)59(54)45(2,3)4)37(15-16-46-38)48-33-12-13-41-39(26-33)47-30-58-41/h6,8,10,12-13,15-16,26-28,30-31H,11,14,17-25,29H2,1-5H3,(H,46,48)/t31-,59?/m1/s1. The molecule has 7 rings (SSSR count). The number of amides is 1. The molecule has 2 aromatic heterocycles. The molecule has 2 aliphatic rings. The number of piperazine rings is 1. The Hall–Kier alpha value is -4.75. The van der Waals surface area contributed by atoms with Crippen LogP contribution < -0.4 is 10.1 Å². The predicted molar refractivity (Wildman–Crippen MR) is 234 cm³/mol. The zero-order valence-electron chi connectivity index (χ0n) is 34.4. The summed E-state index contributed by atoms with van der Waals surface area (Å²) >= 11 is 0.286. The van der Waals surface area contributed by atoms with Crippen molar-refractivity contribution >= 4 is 66.9 Å². The van der Waals surface area contributed by atoms with E-state index in [0.717, 1.165) is 82.9 Å². The Morgan fingerprint density at radius 2 is 1.80 bits per heavy atom. The molecule has 3 aromatic carbocycles. The van der Waals surface area contributed by atoms with Crippen LogP contribution in [-0.2, 0) is 32.0 Å². The molecule has 14 heteroatoms. The number of nitrogens with one attached hydrogen (secondary N) is 1. The van der Waals surface area contributed by atoms with Gasteiger partial charge < -0.3 is 29.0 Å². The van der Waals surface area contributed by atoms with E-state index in [1.54, 1.807) is 22.4 Å². The number of benzene rings is 3. The van der Waals surface area contributed by atoms with Crippen molar-refractivity contribution in [3.63, 3.8) is 0 Å². The van der Waals surface area contributed by atoms with Crippen molar-refractivity contribution in [2.45, 2.75) is 62.8 Å². The quantitative estimate of drug-likeness (QED) is 0.0514. The number of hydrogen-bond donors (Lipinski definition) is 1. The number of thiazole rings is 1. The second kappa shape index (κ2) is 19.1. The van der Waals surface area contributed by atoms with E-state index in [0.29, 0.717) is 49.0 Å². The topological polar surface area (TPSA) is 132 Å². The number of rotatable bonds is 15. The van der Waals surface area contributed by atoms with E-state index >= 15 is 0 Å². The highest BCUT2D eigenvalue weighted by atomic mass is 32.2. The van der Waals surface area contributed by atoms with E-state index < -0.39 is 15.9 Å². The van der Waals surface area contributed by atoms with Crippen molar-refractivity contribution in [3.8, 4) is 17.6 Å². The van der Waals surface area contributed by atoms with Crippen LogP contribution in [0.5, 0.6) is 5.75 Å². The van der Waals surface area contributed by atoms with Crippen LogP contribution in [0, 0.1) is 11.8 Å². The van der Waals surface area contributed by atoms with E-state index in [4.69, 9.17) is 14.2 Å². The minimum Gasteiger partial charge on any atom is -0.611 e. The van der Waals surface area contributed by atoms with Gasteiger partial charge in [-0.2, -0.15) is 0 Å². The molecular weight excluding hydrogens is 785 g/mol.